The molecular formula is C9H19NO2. The predicted octanol–water partition coefficient (Wildman–Crippen LogP) is 2.47. The van der Waals surface area contributed by atoms with Crippen molar-refractivity contribution >= 4 is 6.09 Å². The lowest BCUT2D eigenvalue weighted by Crippen LogP contribution is -2.13. The largest absolute Gasteiger partial charge is 0.465 e. The van der Waals surface area contributed by atoms with Crippen molar-refractivity contribution in [3.8, 4) is 0 Å². The van der Waals surface area contributed by atoms with Gasteiger partial charge in [0.15, 0.2) is 0 Å². The van der Waals surface area contributed by atoms with E-state index in [4.69, 9.17) is 5.11 Å². The maximum atomic E-state index is 9.26. The van der Waals surface area contributed by atoms with E-state index < -0.39 is 6.09 Å². The van der Waals surface area contributed by atoms with E-state index in [0.29, 0.717) is 0 Å². The van der Waals surface area contributed by atoms with E-state index in [0.717, 1.165) is 5.92 Å². The molecule has 0 aliphatic heterocycles. The number of amides is 1. The molecule has 1 amide bonds. The van der Waals surface area contributed by atoms with Gasteiger partial charge in [0.05, 0.1) is 0 Å². The van der Waals surface area contributed by atoms with Crippen molar-refractivity contribution in [3.05, 3.63) is 0 Å². The van der Waals surface area contributed by atoms with Crippen LogP contribution in [0.25, 0.3) is 0 Å². The molecule has 0 atom stereocenters. The van der Waals surface area contributed by atoms with Crippen LogP contribution in [0.2, 0.25) is 0 Å². The van der Waals surface area contributed by atoms with Crippen LogP contribution in [0.3, 0.4) is 0 Å². The van der Waals surface area contributed by atoms with E-state index in [1.165, 1.54) is 39.2 Å². The van der Waals surface area contributed by atoms with Gasteiger partial charge in [0.2, 0.25) is 0 Å². The van der Waals surface area contributed by atoms with E-state index >= 15 is 0 Å². The Balaban J connectivity index is 0.000000217. The molecule has 0 aromatic carbocycles. The van der Waals surface area contributed by atoms with Crippen LogP contribution in [0.1, 0.15) is 39.0 Å². The van der Waals surface area contributed by atoms with Crippen molar-refractivity contribution in [2.24, 2.45) is 5.92 Å². The number of carboxylic acid groups (broad SMARTS) is 1. The average molecular weight is 173 g/mol. The first-order valence-electron chi connectivity index (χ1n) is 4.57. The summed E-state index contributed by atoms with van der Waals surface area (Å²) < 4.78 is 0. The quantitative estimate of drug-likeness (QED) is 0.591. The summed E-state index contributed by atoms with van der Waals surface area (Å²) in [6.07, 6.45) is 6.44. The number of hydrogen-bond donors (Lipinski definition) is 2. The third-order valence-corrected chi connectivity index (χ3v) is 2.11. The van der Waals surface area contributed by atoms with E-state index in [2.05, 4.69) is 6.92 Å². The summed E-state index contributed by atoms with van der Waals surface area (Å²) in [6.45, 7) is 2.36. The van der Waals surface area contributed by atoms with Crippen molar-refractivity contribution < 1.29 is 9.90 Å². The van der Waals surface area contributed by atoms with E-state index in [-0.39, 0.29) is 0 Å². The lowest BCUT2D eigenvalue weighted by molar-refractivity contribution is 0.197. The summed E-state index contributed by atoms with van der Waals surface area (Å²) in [4.78, 5) is 9.26. The second-order valence-corrected chi connectivity index (χ2v) is 3.30. The molecular weight excluding hydrogens is 154 g/mol. The van der Waals surface area contributed by atoms with E-state index in [1.807, 2.05) is 5.32 Å². The molecule has 0 aromatic heterocycles. The Kier molecular flexibility index (Phi) is 6.53. The molecule has 0 bridgehead atoms. The molecule has 0 radical (unpaired) electrons. The maximum Gasteiger partial charge on any atom is 0.404 e. The lowest BCUT2D eigenvalue weighted by atomic mass is 9.91. The summed E-state index contributed by atoms with van der Waals surface area (Å²) in [5, 5.41) is 9.56. The standard InChI is InChI=1S/C7H14.C2H5NO2/c1-7-5-3-2-4-6-7;1-3-2(4)5/h7H,2-6H2,1H3;3H,1H3,(H,4,5). The van der Waals surface area contributed by atoms with Crippen LogP contribution in [0, 0.1) is 5.92 Å². The Labute approximate surface area is 74.2 Å². The van der Waals surface area contributed by atoms with Crippen LogP contribution < -0.4 is 5.32 Å². The summed E-state index contributed by atoms with van der Waals surface area (Å²) in [5.74, 6) is 1.04. The van der Waals surface area contributed by atoms with Gasteiger partial charge in [0.1, 0.15) is 0 Å². The first-order chi connectivity index (χ1) is 5.66. The van der Waals surface area contributed by atoms with Crippen LogP contribution in [0.4, 0.5) is 4.79 Å². The van der Waals surface area contributed by atoms with Crippen LogP contribution in [0.15, 0.2) is 0 Å². The van der Waals surface area contributed by atoms with Gasteiger partial charge in [-0.2, -0.15) is 0 Å². The van der Waals surface area contributed by atoms with Crippen LogP contribution in [0.5, 0.6) is 0 Å². The van der Waals surface area contributed by atoms with Crippen LogP contribution >= 0.6 is 0 Å². The minimum atomic E-state index is -0.995. The minimum absolute atomic E-state index is 0.995. The molecule has 1 rings (SSSR count). The van der Waals surface area contributed by atoms with Gasteiger partial charge in [-0.15, -0.1) is 0 Å². The molecule has 3 nitrogen and oxygen atoms in total. The fourth-order valence-electron chi connectivity index (χ4n) is 1.31. The zero-order chi connectivity index (χ0) is 9.40. The Morgan fingerprint density at radius 1 is 1.33 bits per heavy atom. The van der Waals surface area contributed by atoms with Gasteiger partial charge < -0.3 is 10.4 Å². The molecule has 0 aromatic rings. The average Bonchev–Trinajstić information content (AvgIpc) is 2.07. The third-order valence-electron chi connectivity index (χ3n) is 2.11. The van der Waals surface area contributed by atoms with Crippen molar-refractivity contribution in [1.29, 1.82) is 0 Å². The number of rotatable bonds is 0. The zero-order valence-electron chi connectivity index (χ0n) is 7.97. The molecule has 2 N–H and O–H groups in total. The normalized spacial score (nSPS) is 17.5. The minimum Gasteiger partial charge on any atom is -0.465 e. The fourth-order valence-corrected chi connectivity index (χ4v) is 1.31. The number of hydrogen-bond acceptors (Lipinski definition) is 1. The fraction of sp³-hybridized carbons (Fsp3) is 0.889. The molecule has 12 heavy (non-hydrogen) atoms. The molecule has 72 valence electrons. The third kappa shape index (κ3) is 7.38. The molecule has 0 spiro atoms. The first kappa shape index (κ1) is 11.3. The van der Waals surface area contributed by atoms with E-state index in [1.54, 1.807) is 0 Å². The summed E-state index contributed by atoms with van der Waals surface area (Å²) in [5.41, 5.74) is 0. The number of carbonyl (C=O) groups is 1. The molecule has 0 unspecified atom stereocenters. The predicted molar refractivity (Wildman–Crippen MR) is 49.3 cm³/mol. The van der Waals surface area contributed by atoms with Gasteiger partial charge >= 0.3 is 6.09 Å². The van der Waals surface area contributed by atoms with Crippen molar-refractivity contribution in [3.63, 3.8) is 0 Å². The maximum absolute atomic E-state index is 9.26. The second kappa shape index (κ2) is 6.95. The molecule has 0 saturated heterocycles. The van der Waals surface area contributed by atoms with Gasteiger partial charge in [-0.25, -0.2) is 4.79 Å². The Bertz CT molecular complexity index is 120. The van der Waals surface area contributed by atoms with Gasteiger partial charge in [-0.3, -0.25) is 0 Å². The molecule has 1 aliphatic rings. The van der Waals surface area contributed by atoms with Crippen LogP contribution in [-0.4, -0.2) is 18.2 Å². The molecule has 1 saturated carbocycles. The highest BCUT2D eigenvalue weighted by Crippen LogP contribution is 2.21. The lowest BCUT2D eigenvalue weighted by Gasteiger charge is -2.15. The highest BCUT2D eigenvalue weighted by atomic mass is 16.4. The number of nitrogens with one attached hydrogen (secondary N) is 1. The van der Waals surface area contributed by atoms with Crippen molar-refractivity contribution in [2.45, 2.75) is 39.0 Å². The molecule has 0 heterocycles. The Morgan fingerprint density at radius 3 is 1.92 bits per heavy atom. The highest BCUT2D eigenvalue weighted by Gasteiger charge is 2.05. The van der Waals surface area contributed by atoms with Crippen molar-refractivity contribution in [1.82, 2.24) is 5.32 Å². The summed E-state index contributed by atoms with van der Waals surface area (Å²) >= 11 is 0. The molecule has 1 aliphatic carbocycles. The molecule has 3 heteroatoms. The Morgan fingerprint density at radius 2 is 1.75 bits per heavy atom. The Hall–Kier alpha value is -0.730. The van der Waals surface area contributed by atoms with Crippen molar-refractivity contribution in [2.75, 3.05) is 7.05 Å². The highest BCUT2D eigenvalue weighted by molar-refractivity contribution is 5.63. The van der Waals surface area contributed by atoms with Gasteiger partial charge in [-0.1, -0.05) is 39.0 Å². The first-order valence-corrected chi connectivity index (χ1v) is 4.57. The smallest absolute Gasteiger partial charge is 0.404 e. The van der Waals surface area contributed by atoms with Gasteiger partial charge in [0, 0.05) is 7.05 Å². The zero-order valence-corrected chi connectivity index (χ0v) is 7.97. The topological polar surface area (TPSA) is 49.3 Å². The summed E-state index contributed by atoms with van der Waals surface area (Å²) in [7, 11) is 1.35. The monoisotopic (exact) mass is 173 g/mol. The van der Waals surface area contributed by atoms with Crippen LogP contribution in [-0.2, 0) is 0 Å². The summed E-state index contributed by atoms with van der Waals surface area (Å²) in [6, 6.07) is 0. The van der Waals surface area contributed by atoms with Gasteiger partial charge in [0.25, 0.3) is 0 Å². The van der Waals surface area contributed by atoms with E-state index in [9.17, 15) is 4.79 Å². The SMILES string of the molecule is CC1CCCCC1.CNC(=O)O. The van der Waals surface area contributed by atoms with Gasteiger partial charge in [-0.05, 0) is 5.92 Å². The molecule has 1 fully saturated rings. The second-order valence-electron chi connectivity index (χ2n) is 3.30.